The SMILES string of the molecule is Cc1cc(C(=O)CSc2nnc(N)s2)c(C)n1CC(F)(F)F. The van der Waals surface area contributed by atoms with Crippen molar-refractivity contribution in [3.8, 4) is 0 Å². The second kappa shape index (κ2) is 6.29. The quantitative estimate of drug-likeness (QED) is 0.663. The van der Waals surface area contributed by atoms with Crippen LogP contribution >= 0.6 is 23.1 Å². The van der Waals surface area contributed by atoms with E-state index in [-0.39, 0.29) is 11.5 Å². The molecule has 0 aliphatic heterocycles. The van der Waals surface area contributed by atoms with Crippen LogP contribution < -0.4 is 5.73 Å². The van der Waals surface area contributed by atoms with Crippen LogP contribution in [0.25, 0.3) is 0 Å². The fourth-order valence-electron chi connectivity index (χ4n) is 1.99. The number of thioether (sulfide) groups is 1. The number of carbonyl (C=O) groups excluding carboxylic acids is 1. The smallest absolute Gasteiger partial charge is 0.374 e. The first-order valence-corrected chi connectivity index (χ1v) is 7.96. The highest BCUT2D eigenvalue weighted by molar-refractivity contribution is 8.01. The van der Waals surface area contributed by atoms with Gasteiger partial charge in [0.05, 0.1) is 5.75 Å². The van der Waals surface area contributed by atoms with E-state index >= 15 is 0 Å². The zero-order valence-electron chi connectivity index (χ0n) is 11.8. The molecular weight excluding hydrogens is 337 g/mol. The summed E-state index contributed by atoms with van der Waals surface area (Å²) in [5.74, 6) is -0.175. The van der Waals surface area contributed by atoms with Crippen molar-refractivity contribution in [2.45, 2.75) is 30.9 Å². The maximum Gasteiger partial charge on any atom is 0.406 e. The Morgan fingerprint density at radius 1 is 1.41 bits per heavy atom. The van der Waals surface area contributed by atoms with E-state index in [9.17, 15) is 18.0 Å². The summed E-state index contributed by atoms with van der Waals surface area (Å²) in [5.41, 5.74) is 6.46. The van der Waals surface area contributed by atoms with Crippen molar-refractivity contribution < 1.29 is 18.0 Å². The summed E-state index contributed by atoms with van der Waals surface area (Å²) in [4.78, 5) is 12.2. The first-order chi connectivity index (χ1) is 10.2. The molecular formula is C12H13F3N4OS2. The van der Waals surface area contributed by atoms with Gasteiger partial charge in [-0.15, -0.1) is 10.2 Å². The summed E-state index contributed by atoms with van der Waals surface area (Å²) in [6, 6.07) is 1.48. The largest absolute Gasteiger partial charge is 0.406 e. The Morgan fingerprint density at radius 2 is 2.09 bits per heavy atom. The van der Waals surface area contributed by atoms with Crippen LogP contribution in [0, 0.1) is 13.8 Å². The molecule has 2 N–H and O–H groups in total. The van der Waals surface area contributed by atoms with Gasteiger partial charge in [0.1, 0.15) is 6.54 Å². The highest BCUT2D eigenvalue weighted by Gasteiger charge is 2.30. The van der Waals surface area contributed by atoms with Gasteiger partial charge in [-0.05, 0) is 19.9 Å². The van der Waals surface area contributed by atoms with Gasteiger partial charge in [-0.2, -0.15) is 13.2 Å². The molecule has 0 spiro atoms. The molecule has 0 atom stereocenters. The molecule has 0 aromatic carbocycles. The number of nitrogens with zero attached hydrogens (tertiary/aromatic N) is 3. The molecule has 0 aliphatic rings. The second-order valence-electron chi connectivity index (χ2n) is 4.60. The maximum atomic E-state index is 12.5. The third-order valence-electron chi connectivity index (χ3n) is 2.96. The summed E-state index contributed by atoms with van der Waals surface area (Å²) in [5, 5.41) is 7.71. The van der Waals surface area contributed by atoms with E-state index in [4.69, 9.17) is 5.73 Å². The van der Waals surface area contributed by atoms with Crippen molar-refractivity contribution in [1.29, 1.82) is 0 Å². The second-order valence-corrected chi connectivity index (χ2v) is 6.84. The third kappa shape index (κ3) is 4.01. The Bertz CT molecular complexity index is 693. The van der Waals surface area contributed by atoms with Crippen LogP contribution in [0.15, 0.2) is 10.4 Å². The lowest BCUT2D eigenvalue weighted by molar-refractivity contribution is -0.141. The molecule has 120 valence electrons. The molecule has 0 saturated heterocycles. The number of halogens is 3. The Kier molecular flexibility index (Phi) is 4.81. The van der Waals surface area contributed by atoms with E-state index in [1.807, 2.05) is 0 Å². The summed E-state index contributed by atoms with van der Waals surface area (Å²) in [7, 11) is 0. The van der Waals surface area contributed by atoms with Crippen LogP contribution in [-0.2, 0) is 6.54 Å². The molecule has 0 amide bonds. The van der Waals surface area contributed by atoms with E-state index in [0.29, 0.717) is 26.4 Å². The van der Waals surface area contributed by atoms with Gasteiger partial charge in [0.15, 0.2) is 10.1 Å². The minimum atomic E-state index is -4.33. The minimum Gasteiger partial charge on any atom is -0.374 e. The van der Waals surface area contributed by atoms with Crippen LogP contribution in [0.5, 0.6) is 0 Å². The molecule has 2 aromatic heterocycles. The fraction of sp³-hybridized carbons (Fsp3) is 0.417. The number of Topliss-reactive ketones (excluding diaryl/α,β-unsaturated/α-hetero) is 1. The van der Waals surface area contributed by atoms with Gasteiger partial charge in [0.2, 0.25) is 5.13 Å². The molecule has 2 heterocycles. The Labute approximate surface area is 132 Å². The molecule has 0 fully saturated rings. The van der Waals surface area contributed by atoms with Gasteiger partial charge in [-0.25, -0.2) is 0 Å². The van der Waals surface area contributed by atoms with E-state index in [2.05, 4.69) is 10.2 Å². The van der Waals surface area contributed by atoms with E-state index in [1.54, 1.807) is 6.92 Å². The highest BCUT2D eigenvalue weighted by atomic mass is 32.2. The third-order valence-corrected chi connectivity index (χ3v) is 4.85. The van der Waals surface area contributed by atoms with Gasteiger partial charge in [0.25, 0.3) is 0 Å². The number of aromatic nitrogens is 3. The van der Waals surface area contributed by atoms with Crippen LogP contribution in [-0.4, -0.2) is 32.5 Å². The Hall–Kier alpha value is -1.55. The van der Waals surface area contributed by atoms with Crippen LogP contribution in [0.3, 0.4) is 0 Å². The normalized spacial score (nSPS) is 11.9. The highest BCUT2D eigenvalue weighted by Crippen LogP contribution is 2.27. The van der Waals surface area contributed by atoms with Crippen LogP contribution in [0.4, 0.5) is 18.3 Å². The van der Waals surface area contributed by atoms with Crippen molar-refractivity contribution in [3.63, 3.8) is 0 Å². The van der Waals surface area contributed by atoms with Gasteiger partial charge in [0, 0.05) is 17.0 Å². The number of nitrogen functional groups attached to an aromatic ring is 1. The van der Waals surface area contributed by atoms with Gasteiger partial charge in [-0.3, -0.25) is 4.79 Å². The number of aryl methyl sites for hydroxylation is 1. The van der Waals surface area contributed by atoms with Gasteiger partial charge in [-0.1, -0.05) is 23.1 Å². The average molecular weight is 350 g/mol. The molecule has 22 heavy (non-hydrogen) atoms. The summed E-state index contributed by atoms with van der Waals surface area (Å²) in [6.07, 6.45) is -4.33. The monoisotopic (exact) mass is 350 g/mol. The summed E-state index contributed by atoms with van der Waals surface area (Å²) >= 11 is 2.32. The maximum absolute atomic E-state index is 12.5. The van der Waals surface area contributed by atoms with Crippen molar-refractivity contribution in [2.75, 3.05) is 11.5 Å². The van der Waals surface area contributed by atoms with Crippen LogP contribution in [0.1, 0.15) is 21.7 Å². The molecule has 0 saturated carbocycles. The number of alkyl halides is 3. The average Bonchev–Trinajstić information content (AvgIpc) is 2.93. The Morgan fingerprint density at radius 3 is 2.64 bits per heavy atom. The number of hydrogen-bond acceptors (Lipinski definition) is 6. The number of hydrogen-bond donors (Lipinski definition) is 1. The molecule has 0 radical (unpaired) electrons. The van der Waals surface area contributed by atoms with Crippen molar-refractivity contribution in [2.24, 2.45) is 0 Å². The first kappa shape index (κ1) is 16.8. The summed E-state index contributed by atoms with van der Waals surface area (Å²) < 4.78 is 39.3. The first-order valence-electron chi connectivity index (χ1n) is 6.16. The molecule has 10 heteroatoms. The number of anilines is 1. The standard InChI is InChI=1S/C12H13F3N4OS2/c1-6-3-8(7(2)19(6)5-12(13,14)15)9(20)4-21-11-18-17-10(16)22-11/h3H,4-5H2,1-2H3,(H2,16,17). The van der Waals surface area contributed by atoms with Crippen molar-refractivity contribution in [1.82, 2.24) is 14.8 Å². The predicted octanol–water partition coefficient (Wildman–Crippen LogP) is 3.08. The minimum absolute atomic E-state index is 0.0743. The lowest BCUT2D eigenvalue weighted by Crippen LogP contribution is -2.19. The number of carbonyl (C=O) groups is 1. The van der Waals surface area contributed by atoms with E-state index < -0.39 is 12.7 Å². The Balaban J connectivity index is 2.11. The zero-order chi connectivity index (χ0) is 16.5. The number of ketones is 1. The fourth-order valence-corrected chi connectivity index (χ4v) is 3.51. The van der Waals surface area contributed by atoms with E-state index in [0.717, 1.165) is 15.9 Å². The summed E-state index contributed by atoms with van der Waals surface area (Å²) in [6.45, 7) is 1.96. The molecule has 0 bridgehead atoms. The number of nitrogens with two attached hydrogens (primary N) is 1. The van der Waals surface area contributed by atoms with E-state index in [1.165, 1.54) is 24.8 Å². The van der Waals surface area contributed by atoms with Crippen LogP contribution in [0.2, 0.25) is 0 Å². The molecule has 0 unspecified atom stereocenters. The zero-order valence-corrected chi connectivity index (χ0v) is 13.4. The predicted molar refractivity (Wildman–Crippen MR) is 79.3 cm³/mol. The molecule has 5 nitrogen and oxygen atoms in total. The van der Waals surface area contributed by atoms with Gasteiger partial charge >= 0.3 is 6.18 Å². The lowest BCUT2D eigenvalue weighted by Gasteiger charge is -2.12. The topological polar surface area (TPSA) is 73.8 Å². The van der Waals surface area contributed by atoms with Crippen molar-refractivity contribution >= 4 is 34.0 Å². The van der Waals surface area contributed by atoms with Gasteiger partial charge < -0.3 is 10.3 Å². The molecule has 2 rings (SSSR count). The molecule has 2 aromatic rings. The molecule has 0 aliphatic carbocycles. The van der Waals surface area contributed by atoms with Crippen molar-refractivity contribution in [3.05, 3.63) is 23.0 Å². The lowest BCUT2D eigenvalue weighted by atomic mass is 10.2. The number of rotatable bonds is 5.